The second-order valence-corrected chi connectivity index (χ2v) is 5.61. The standard InChI is InChI=1S/C18H20ClNO2/c1-13-10-16(11-14(2)18(13)19)22-9-8-20-17(21)12-15-6-4-3-5-7-15/h3-7,10-11H,8-9,12H2,1-2H3,(H,20,21). The highest BCUT2D eigenvalue weighted by Crippen LogP contribution is 2.25. The van der Waals surface area contributed by atoms with E-state index in [1.165, 1.54) is 0 Å². The predicted octanol–water partition coefficient (Wildman–Crippen LogP) is 3.69. The SMILES string of the molecule is Cc1cc(OCCNC(=O)Cc2ccccc2)cc(C)c1Cl. The first kappa shape index (κ1) is 16.4. The van der Waals surface area contributed by atoms with Crippen molar-refractivity contribution in [1.29, 1.82) is 0 Å². The third-order valence-corrected chi connectivity index (χ3v) is 3.91. The Labute approximate surface area is 136 Å². The molecule has 22 heavy (non-hydrogen) atoms. The van der Waals surface area contributed by atoms with E-state index in [0.29, 0.717) is 19.6 Å². The average Bonchev–Trinajstić information content (AvgIpc) is 2.50. The van der Waals surface area contributed by atoms with Crippen LogP contribution in [0.2, 0.25) is 5.02 Å². The number of amides is 1. The van der Waals surface area contributed by atoms with Crippen molar-refractivity contribution < 1.29 is 9.53 Å². The summed E-state index contributed by atoms with van der Waals surface area (Å²) in [6.07, 6.45) is 0.389. The first-order valence-corrected chi connectivity index (χ1v) is 7.64. The molecule has 0 aliphatic rings. The summed E-state index contributed by atoms with van der Waals surface area (Å²) in [6.45, 7) is 4.81. The lowest BCUT2D eigenvalue weighted by molar-refractivity contribution is -0.120. The Balaban J connectivity index is 1.74. The molecule has 0 aromatic heterocycles. The van der Waals surface area contributed by atoms with Gasteiger partial charge in [0, 0.05) is 5.02 Å². The van der Waals surface area contributed by atoms with E-state index >= 15 is 0 Å². The monoisotopic (exact) mass is 317 g/mol. The van der Waals surface area contributed by atoms with Gasteiger partial charge in [-0.05, 0) is 42.7 Å². The van der Waals surface area contributed by atoms with Crippen LogP contribution < -0.4 is 10.1 Å². The zero-order valence-electron chi connectivity index (χ0n) is 12.9. The summed E-state index contributed by atoms with van der Waals surface area (Å²) in [5.74, 6) is 0.773. The lowest BCUT2D eigenvalue weighted by atomic mass is 10.1. The molecule has 0 radical (unpaired) electrons. The average molecular weight is 318 g/mol. The Kier molecular flexibility index (Phi) is 5.84. The van der Waals surface area contributed by atoms with Gasteiger partial charge in [-0.15, -0.1) is 0 Å². The van der Waals surface area contributed by atoms with E-state index in [-0.39, 0.29) is 5.91 Å². The molecule has 4 heteroatoms. The van der Waals surface area contributed by atoms with Gasteiger partial charge in [-0.1, -0.05) is 41.9 Å². The van der Waals surface area contributed by atoms with E-state index in [1.54, 1.807) is 0 Å². The molecule has 2 aromatic carbocycles. The molecule has 0 fully saturated rings. The lowest BCUT2D eigenvalue weighted by Crippen LogP contribution is -2.29. The first-order valence-electron chi connectivity index (χ1n) is 7.26. The minimum atomic E-state index is -0.00160. The Bertz CT molecular complexity index is 618. The van der Waals surface area contributed by atoms with Crippen LogP contribution in [0.1, 0.15) is 16.7 Å². The topological polar surface area (TPSA) is 38.3 Å². The van der Waals surface area contributed by atoms with E-state index in [4.69, 9.17) is 16.3 Å². The van der Waals surface area contributed by atoms with Crippen LogP contribution in [0.15, 0.2) is 42.5 Å². The van der Waals surface area contributed by atoms with E-state index < -0.39 is 0 Å². The highest BCUT2D eigenvalue weighted by molar-refractivity contribution is 6.32. The molecule has 116 valence electrons. The van der Waals surface area contributed by atoms with Gasteiger partial charge in [0.05, 0.1) is 13.0 Å². The van der Waals surface area contributed by atoms with Crippen LogP contribution in [0.3, 0.4) is 0 Å². The number of carbonyl (C=O) groups is 1. The van der Waals surface area contributed by atoms with Crippen LogP contribution in [0.5, 0.6) is 5.75 Å². The number of hydrogen-bond acceptors (Lipinski definition) is 2. The third kappa shape index (κ3) is 4.78. The van der Waals surface area contributed by atoms with Crippen molar-refractivity contribution in [2.75, 3.05) is 13.2 Å². The van der Waals surface area contributed by atoms with Gasteiger partial charge in [0.1, 0.15) is 12.4 Å². The van der Waals surface area contributed by atoms with Crippen molar-refractivity contribution >= 4 is 17.5 Å². The molecular weight excluding hydrogens is 298 g/mol. The quantitative estimate of drug-likeness (QED) is 0.825. The summed E-state index contributed by atoms with van der Waals surface area (Å²) in [6, 6.07) is 13.5. The zero-order chi connectivity index (χ0) is 15.9. The van der Waals surface area contributed by atoms with Gasteiger partial charge in [0.15, 0.2) is 0 Å². The smallest absolute Gasteiger partial charge is 0.224 e. The third-order valence-electron chi connectivity index (χ3n) is 3.31. The fourth-order valence-corrected chi connectivity index (χ4v) is 2.30. The highest BCUT2D eigenvalue weighted by atomic mass is 35.5. The minimum absolute atomic E-state index is 0.00160. The minimum Gasteiger partial charge on any atom is -0.492 e. The molecule has 1 amide bonds. The summed E-state index contributed by atoms with van der Waals surface area (Å²) in [4.78, 5) is 11.8. The predicted molar refractivity (Wildman–Crippen MR) is 89.6 cm³/mol. The van der Waals surface area contributed by atoms with Crippen molar-refractivity contribution in [2.24, 2.45) is 0 Å². The van der Waals surface area contributed by atoms with Crippen LogP contribution in [0.4, 0.5) is 0 Å². The molecule has 0 bridgehead atoms. The molecule has 1 N–H and O–H groups in total. The molecule has 0 atom stereocenters. The molecule has 0 aliphatic carbocycles. The Morgan fingerprint density at radius 1 is 1.14 bits per heavy atom. The summed E-state index contributed by atoms with van der Waals surface area (Å²) >= 11 is 6.12. The van der Waals surface area contributed by atoms with Crippen LogP contribution in [0.25, 0.3) is 0 Å². The van der Waals surface area contributed by atoms with Crippen LogP contribution >= 0.6 is 11.6 Å². The Morgan fingerprint density at radius 3 is 2.41 bits per heavy atom. The number of ether oxygens (including phenoxy) is 1. The molecule has 0 heterocycles. The summed E-state index contributed by atoms with van der Waals surface area (Å²) in [7, 11) is 0. The summed E-state index contributed by atoms with van der Waals surface area (Å²) in [5.41, 5.74) is 2.99. The molecule has 3 nitrogen and oxygen atoms in total. The summed E-state index contributed by atoms with van der Waals surface area (Å²) in [5, 5.41) is 3.62. The van der Waals surface area contributed by atoms with Crippen molar-refractivity contribution in [3.05, 3.63) is 64.2 Å². The molecule has 0 saturated heterocycles. The fourth-order valence-electron chi connectivity index (χ4n) is 2.19. The normalized spacial score (nSPS) is 10.3. The maximum Gasteiger partial charge on any atom is 0.224 e. The van der Waals surface area contributed by atoms with Crippen molar-refractivity contribution in [3.8, 4) is 5.75 Å². The lowest BCUT2D eigenvalue weighted by Gasteiger charge is -2.10. The second kappa shape index (κ2) is 7.85. The second-order valence-electron chi connectivity index (χ2n) is 5.23. The van der Waals surface area contributed by atoms with Gasteiger partial charge in [-0.3, -0.25) is 4.79 Å². The molecule has 2 rings (SSSR count). The number of hydrogen-bond donors (Lipinski definition) is 1. The largest absolute Gasteiger partial charge is 0.492 e. The van der Waals surface area contributed by atoms with E-state index in [2.05, 4.69) is 5.32 Å². The summed E-state index contributed by atoms with van der Waals surface area (Å²) < 4.78 is 5.65. The Morgan fingerprint density at radius 2 is 1.77 bits per heavy atom. The van der Waals surface area contributed by atoms with E-state index in [9.17, 15) is 4.79 Å². The number of halogens is 1. The van der Waals surface area contributed by atoms with Crippen molar-refractivity contribution in [3.63, 3.8) is 0 Å². The van der Waals surface area contributed by atoms with E-state index in [0.717, 1.165) is 27.5 Å². The zero-order valence-corrected chi connectivity index (χ0v) is 13.6. The van der Waals surface area contributed by atoms with Gasteiger partial charge >= 0.3 is 0 Å². The van der Waals surface area contributed by atoms with Gasteiger partial charge in [-0.2, -0.15) is 0 Å². The maximum atomic E-state index is 11.8. The van der Waals surface area contributed by atoms with Crippen molar-refractivity contribution in [2.45, 2.75) is 20.3 Å². The van der Waals surface area contributed by atoms with E-state index in [1.807, 2.05) is 56.3 Å². The number of carbonyl (C=O) groups excluding carboxylic acids is 1. The van der Waals surface area contributed by atoms with Crippen LogP contribution in [0, 0.1) is 13.8 Å². The van der Waals surface area contributed by atoms with Gasteiger partial charge in [-0.25, -0.2) is 0 Å². The van der Waals surface area contributed by atoms with Crippen molar-refractivity contribution in [1.82, 2.24) is 5.32 Å². The maximum absolute atomic E-state index is 11.8. The molecule has 0 unspecified atom stereocenters. The Hall–Kier alpha value is -2.00. The molecule has 0 aliphatic heterocycles. The molecule has 2 aromatic rings. The molecule has 0 saturated carbocycles. The van der Waals surface area contributed by atoms with Gasteiger partial charge in [0.2, 0.25) is 5.91 Å². The fraction of sp³-hybridized carbons (Fsp3) is 0.278. The number of benzene rings is 2. The number of rotatable bonds is 6. The van der Waals surface area contributed by atoms with Gasteiger partial charge in [0.25, 0.3) is 0 Å². The molecule has 0 spiro atoms. The van der Waals surface area contributed by atoms with Crippen LogP contribution in [-0.2, 0) is 11.2 Å². The van der Waals surface area contributed by atoms with Gasteiger partial charge < -0.3 is 10.1 Å². The number of aryl methyl sites for hydroxylation is 2. The van der Waals surface area contributed by atoms with Crippen LogP contribution in [-0.4, -0.2) is 19.1 Å². The number of nitrogens with one attached hydrogen (secondary N) is 1. The first-order chi connectivity index (χ1) is 10.6. The molecular formula is C18H20ClNO2. The highest BCUT2D eigenvalue weighted by Gasteiger charge is 2.05.